The SMILES string of the molecule is CC(C)COCCN1CCS(=O)(=O)CC(C)C1. The molecule has 0 aromatic heterocycles. The van der Waals surface area contributed by atoms with E-state index in [1.807, 2.05) is 6.92 Å². The van der Waals surface area contributed by atoms with Gasteiger partial charge in [0.1, 0.15) is 0 Å². The lowest BCUT2D eigenvalue weighted by Crippen LogP contribution is -2.32. The van der Waals surface area contributed by atoms with Gasteiger partial charge in [-0.05, 0) is 11.8 Å². The number of hydrogen-bond donors (Lipinski definition) is 0. The number of sulfone groups is 1. The standard InChI is InChI=1S/C12H25NO3S/c1-11(2)9-16-6-4-13-5-7-17(14,15)10-12(3)8-13/h11-12H,4-10H2,1-3H3. The highest BCUT2D eigenvalue weighted by molar-refractivity contribution is 7.91. The maximum absolute atomic E-state index is 11.6. The van der Waals surface area contributed by atoms with Crippen LogP contribution in [0.1, 0.15) is 20.8 Å². The van der Waals surface area contributed by atoms with Crippen LogP contribution >= 0.6 is 0 Å². The molecule has 1 atom stereocenters. The van der Waals surface area contributed by atoms with Crippen LogP contribution in [-0.2, 0) is 14.6 Å². The molecule has 0 aliphatic carbocycles. The van der Waals surface area contributed by atoms with E-state index in [0.29, 0.717) is 30.6 Å². The molecule has 0 aromatic rings. The van der Waals surface area contributed by atoms with Crippen molar-refractivity contribution in [1.82, 2.24) is 4.90 Å². The van der Waals surface area contributed by atoms with Crippen LogP contribution in [0.3, 0.4) is 0 Å². The summed E-state index contributed by atoms with van der Waals surface area (Å²) in [7, 11) is -2.83. The van der Waals surface area contributed by atoms with Crippen molar-refractivity contribution in [3.8, 4) is 0 Å². The molecular formula is C12H25NO3S. The molecule has 1 saturated heterocycles. The molecule has 1 heterocycles. The Labute approximate surface area is 105 Å². The zero-order valence-electron chi connectivity index (χ0n) is 11.2. The van der Waals surface area contributed by atoms with Crippen LogP contribution in [0.15, 0.2) is 0 Å². The molecule has 1 fully saturated rings. The monoisotopic (exact) mass is 263 g/mol. The molecule has 4 nitrogen and oxygen atoms in total. The smallest absolute Gasteiger partial charge is 0.151 e. The van der Waals surface area contributed by atoms with E-state index in [1.54, 1.807) is 0 Å². The van der Waals surface area contributed by atoms with Gasteiger partial charge >= 0.3 is 0 Å². The van der Waals surface area contributed by atoms with E-state index in [4.69, 9.17) is 4.74 Å². The van der Waals surface area contributed by atoms with Gasteiger partial charge in [-0.25, -0.2) is 8.42 Å². The highest BCUT2D eigenvalue weighted by Gasteiger charge is 2.23. The van der Waals surface area contributed by atoms with Gasteiger partial charge < -0.3 is 4.74 Å². The fraction of sp³-hybridized carbons (Fsp3) is 1.00. The summed E-state index contributed by atoms with van der Waals surface area (Å²) < 4.78 is 28.7. The molecule has 102 valence electrons. The minimum Gasteiger partial charge on any atom is -0.380 e. The molecule has 0 radical (unpaired) electrons. The van der Waals surface area contributed by atoms with Crippen LogP contribution < -0.4 is 0 Å². The van der Waals surface area contributed by atoms with Crippen molar-refractivity contribution < 1.29 is 13.2 Å². The topological polar surface area (TPSA) is 46.6 Å². The average molecular weight is 263 g/mol. The first-order valence-corrected chi connectivity index (χ1v) is 8.21. The molecule has 1 rings (SSSR count). The first kappa shape index (κ1) is 14.9. The van der Waals surface area contributed by atoms with Crippen LogP contribution in [0.25, 0.3) is 0 Å². The summed E-state index contributed by atoms with van der Waals surface area (Å²) in [6, 6.07) is 0. The van der Waals surface area contributed by atoms with Crippen LogP contribution in [0.2, 0.25) is 0 Å². The zero-order valence-corrected chi connectivity index (χ0v) is 12.0. The van der Waals surface area contributed by atoms with Crippen LogP contribution in [0, 0.1) is 11.8 Å². The van der Waals surface area contributed by atoms with E-state index in [2.05, 4.69) is 18.7 Å². The second-order valence-electron chi connectivity index (χ2n) is 5.49. The molecule has 0 N–H and O–H groups in total. The van der Waals surface area contributed by atoms with Crippen LogP contribution in [-0.4, -0.2) is 57.7 Å². The minimum atomic E-state index is -2.83. The molecule has 5 heteroatoms. The van der Waals surface area contributed by atoms with Gasteiger partial charge in [0.2, 0.25) is 0 Å². The quantitative estimate of drug-likeness (QED) is 0.695. The van der Waals surface area contributed by atoms with E-state index >= 15 is 0 Å². The summed E-state index contributed by atoms with van der Waals surface area (Å²) in [6.45, 7) is 10.1. The highest BCUT2D eigenvalue weighted by Crippen LogP contribution is 2.10. The highest BCUT2D eigenvalue weighted by atomic mass is 32.2. The summed E-state index contributed by atoms with van der Waals surface area (Å²) in [5.41, 5.74) is 0. The largest absolute Gasteiger partial charge is 0.380 e. The zero-order chi connectivity index (χ0) is 12.9. The van der Waals surface area contributed by atoms with Gasteiger partial charge in [0, 0.05) is 26.2 Å². The molecule has 17 heavy (non-hydrogen) atoms. The molecular weight excluding hydrogens is 238 g/mol. The Morgan fingerprint density at radius 3 is 2.76 bits per heavy atom. The van der Waals surface area contributed by atoms with Crippen molar-refractivity contribution in [2.45, 2.75) is 20.8 Å². The second kappa shape index (κ2) is 6.71. The third-order valence-electron chi connectivity index (χ3n) is 2.83. The third kappa shape index (κ3) is 6.38. The minimum absolute atomic E-state index is 0.229. The van der Waals surface area contributed by atoms with Crippen molar-refractivity contribution in [3.05, 3.63) is 0 Å². The normalized spacial score (nSPS) is 26.0. The summed E-state index contributed by atoms with van der Waals surface area (Å²) in [4.78, 5) is 2.20. The third-order valence-corrected chi connectivity index (χ3v) is 4.71. The van der Waals surface area contributed by atoms with Gasteiger partial charge in [-0.2, -0.15) is 0 Å². The van der Waals surface area contributed by atoms with Crippen molar-refractivity contribution in [1.29, 1.82) is 0 Å². The van der Waals surface area contributed by atoms with Gasteiger partial charge in [-0.15, -0.1) is 0 Å². The van der Waals surface area contributed by atoms with Crippen molar-refractivity contribution >= 4 is 9.84 Å². The first-order valence-electron chi connectivity index (χ1n) is 6.39. The average Bonchev–Trinajstić information content (AvgIpc) is 2.31. The van der Waals surface area contributed by atoms with Crippen molar-refractivity contribution in [3.63, 3.8) is 0 Å². The van der Waals surface area contributed by atoms with Gasteiger partial charge in [-0.1, -0.05) is 20.8 Å². The van der Waals surface area contributed by atoms with Gasteiger partial charge in [0.15, 0.2) is 9.84 Å². The van der Waals surface area contributed by atoms with Gasteiger partial charge in [-0.3, -0.25) is 4.90 Å². The van der Waals surface area contributed by atoms with Crippen molar-refractivity contribution in [2.24, 2.45) is 11.8 Å². The number of nitrogens with zero attached hydrogens (tertiary/aromatic N) is 1. The fourth-order valence-electron chi connectivity index (χ4n) is 2.09. The van der Waals surface area contributed by atoms with Crippen molar-refractivity contribution in [2.75, 3.05) is 44.4 Å². The molecule has 0 saturated carbocycles. The molecule has 0 bridgehead atoms. The maximum Gasteiger partial charge on any atom is 0.151 e. The lowest BCUT2D eigenvalue weighted by atomic mass is 10.2. The molecule has 1 aliphatic rings. The first-order chi connectivity index (χ1) is 7.89. The fourth-order valence-corrected chi connectivity index (χ4v) is 3.76. The van der Waals surface area contributed by atoms with E-state index < -0.39 is 9.84 Å². The maximum atomic E-state index is 11.6. The van der Waals surface area contributed by atoms with Crippen LogP contribution in [0.5, 0.6) is 0 Å². The molecule has 1 aliphatic heterocycles. The molecule has 0 amide bonds. The Balaban J connectivity index is 2.30. The number of hydrogen-bond acceptors (Lipinski definition) is 4. The van der Waals surface area contributed by atoms with E-state index in [-0.39, 0.29) is 5.92 Å². The van der Waals surface area contributed by atoms with Gasteiger partial charge in [0.25, 0.3) is 0 Å². The summed E-state index contributed by atoms with van der Waals surface area (Å²) >= 11 is 0. The Hall–Kier alpha value is -0.130. The van der Waals surface area contributed by atoms with Crippen LogP contribution in [0.4, 0.5) is 0 Å². The van der Waals surface area contributed by atoms with E-state index in [9.17, 15) is 8.42 Å². The predicted octanol–water partition coefficient (Wildman–Crippen LogP) is 1.03. The number of rotatable bonds is 5. The molecule has 1 unspecified atom stereocenters. The summed E-state index contributed by atoms with van der Waals surface area (Å²) in [6.07, 6.45) is 0. The Morgan fingerprint density at radius 2 is 2.12 bits per heavy atom. The summed E-state index contributed by atoms with van der Waals surface area (Å²) in [5.74, 6) is 1.41. The lowest BCUT2D eigenvalue weighted by Gasteiger charge is -2.21. The van der Waals surface area contributed by atoms with Gasteiger partial charge in [0.05, 0.1) is 18.1 Å². The Bertz CT molecular complexity index is 314. The number of ether oxygens (including phenoxy) is 1. The second-order valence-corrected chi connectivity index (χ2v) is 7.72. The summed E-state index contributed by atoms with van der Waals surface area (Å²) in [5, 5.41) is 0. The Kier molecular flexibility index (Phi) is 5.89. The molecule has 0 aromatic carbocycles. The van der Waals surface area contributed by atoms with E-state index in [0.717, 1.165) is 19.7 Å². The Morgan fingerprint density at radius 1 is 1.41 bits per heavy atom. The predicted molar refractivity (Wildman–Crippen MR) is 69.9 cm³/mol. The molecule has 0 spiro atoms. The lowest BCUT2D eigenvalue weighted by molar-refractivity contribution is 0.0847. The van der Waals surface area contributed by atoms with E-state index in [1.165, 1.54) is 0 Å².